The third-order valence-corrected chi connectivity index (χ3v) is 3.04. The zero-order valence-corrected chi connectivity index (χ0v) is 10.2. The number of halogens is 1. The molecule has 2 N–H and O–H groups in total. The van der Waals surface area contributed by atoms with Crippen LogP contribution >= 0.6 is 11.6 Å². The van der Waals surface area contributed by atoms with Crippen molar-refractivity contribution < 1.29 is 0 Å². The van der Waals surface area contributed by atoms with Crippen LogP contribution in [0.2, 0.25) is 5.02 Å². The third kappa shape index (κ3) is 2.05. The van der Waals surface area contributed by atoms with E-state index in [1.165, 1.54) is 16.7 Å². The molecular formula is C14H14ClN. The maximum absolute atomic E-state index is 5.91. The summed E-state index contributed by atoms with van der Waals surface area (Å²) in [6, 6.07) is 12.2. The fourth-order valence-corrected chi connectivity index (χ4v) is 1.88. The molecule has 82 valence electrons. The molecule has 0 heterocycles. The molecule has 1 nitrogen and oxygen atoms in total. The molecular weight excluding hydrogens is 218 g/mol. The minimum absolute atomic E-state index is 0.606. The van der Waals surface area contributed by atoms with Crippen molar-refractivity contribution in [1.29, 1.82) is 0 Å². The van der Waals surface area contributed by atoms with Crippen molar-refractivity contribution in [3.8, 4) is 11.1 Å². The average molecular weight is 232 g/mol. The number of hydrogen-bond donors (Lipinski definition) is 1. The number of anilines is 1. The van der Waals surface area contributed by atoms with Gasteiger partial charge in [-0.3, -0.25) is 0 Å². The monoisotopic (exact) mass is 231 g/mol. The summed E-state index contributed by atoms with van der Waals surface area (Å²) < 4.78 is 0. The van der Waals surface area contributed by atoms with Gasteiger partial charge in [0.2, 0.25) is 0 Å². The molecule has 16 heavy (non-hydrogen) atoms. The molecule has 0 atom stereocenters. The molecule has 0 unspecified atom stereocenters. The Morgan fingerprint density at radius 2 is 1.75 bits per heavy atom. The van der Waals surface area contributed by atoms with Gasteiger partial charge in [-0.1, -0.05) is 41.4 Å². The van der Waals surface area contributed by atoms with E-state index in [1.807, 2.05) is 18.2 Å². The van der Waals surface area contributed by atoms with E-state index in [0.717, 1.165) is 5.56 Å². The molecule has 2 aromatic rings. The number of benzene rings is 2. The second-order valence-corrected chi connectivity index (χ2v) is 4.46. The molecule has 2 aromatic carbocycles. The third-order valence-electron chi connectivity index (χ3n) is 2.70. The van der Waals surface area contributed by atoms with Crippen LogP contribution in [0.15, 0.2) is 36.4 Å². The zero-order chi connectivity index (χ0) is 11.7. The lowest BCUT2D eigenvalue weighted by Gasteiger charge is -2.08. The molecule has 0 spiro atoms. The molecule has 0 radical (unpaired) electrons. The second kappa shape index (κ2) is 4.18. The Morgan fingerprint density at radius 1 is 1.00 bits per heavy atom. The average Bonchev–Trinajstić information content (AvgIpc) is 2.26. The Bertz CT molecular complexity index is 532. The van der Waals surface area contributed by atoms with E-state index in [0.29, 0.717) is 10.7 Å². The fraction of sp³-hybridized carbons (Fsp3) is 0.143. The van der Waals surface area contributed by atoms with Crippen molar-refractivity contribution in [1.82, 2.24) is 0 Å². The molecule has 0 aliphatic rings. The number of hydrogen-bond acceptors (Lipinski definition) is 1. The van der Waals surface area contributed by atoms with Gasteiger partial charge in [-0.2, -0.15) is 0 Å². The standard InChI is InChI=1S/C14H14ClN/c1-9-3-4-10(2)12(7-9)11-5-6-13(15)14(16)8-11/h3-8H,16H2,1-2H3. The lowest BCUT2D eigenvalue weighted by molar-refractivity contribution is 1.39. The SMILES string of the molecule is Cc1ccc(C)c(-c2ccc(Cl)c(N)c2)c1. The zero-order valence-electron chi connectivity index (χ0n) is 9.42. The molecule has 2 heteroatoms. The highest BCUT2D eigenvalue weighted by Gasteiger charge is 2.04. The minimum Gasteiger partial charge on any atom is -0.398 e. The van der Waals surface area contributed by atoms with Crippen LogP contribution in [0, 0.1) is 13.8 Å². The van der Waals surface area contributed by atoms with Crippen molar-refractivity contribution in [2.24, 2.45) is 0 Å². The van der Waals surface area contributed by atoms with Gasteiger partial charge in [-0.05, 0) is 42.7 Å². The summed E-state index contributed by atoms with van der Waals surface area (Å²) in [4.78, 5) is 0. The van der Waals surface area contributed by atoms with Crippen molar-refractivity contribution in [3.05, 3.63) is 52.5 Å². The van der Waals surface area contributed by atoms with Gasteiger partial charge in [-0.25, -0.2) is 0 Å². The largest absolute Gasteiger partial charge is 0.398 e. The summed E-state index contributed by atoms with van der Waals surface area (Å²) in [5.41, 5.74) is 11.3. The second-order valence-electron chi connectivity index (χ2n) is 4.05. The first kappa shape index (κ1) is 11.0. The highest BCUT2D eigenvalue weighted by Crippen LogP contribution is 2.29. The summed E-state index contributed by atoms with van der Waals surface area (Å²) in [6.07, 6.45) is 0. The van der Waals surface area contributed by atoms with E-state index in [2.05, 4.69) is 32.0 Å². The van der Waals surface area contributed by atoms with Crippen molar-refractivity contribution >= 4 is 17.3 Å². The van der Waals surface area contributed by atoms with E-state index in [9.17, 15) is 0 Å². The van der Waals surface area contributed by atoms with Crippen LogP contribution < -0.4 is 5.73 Å². The Labute approximate surface area is 101 Å². The van der Waals surface area contributed by atoms with E-state index in [-0.39, 0.29) is 0 Å². The smallest absolute Gasteiger partial charge is 0.0635 e. The van der Waals surface area contributed by atoms with E-state index < -0.39 is 0 Å². The summed E-state index contributed by atoms with van der Waals surface area (Å²) in [7, 11) is 0. The van der Waals surface area contributed by atoms with Crippen molar-refractivity contribution in [2.75, 3.05) is 5.73 Å². The minimum atomic E-state index is 0.606. The van der Waals surface area contributed by atoms with Gasteiger partial charge >= 0.3 is 0 Å². The van der Waals surface area contributed by atoms with Gasteiger partial charge in [0.15, 0.2) is 0 Å². The normalized spacial score (nSPS) is 10.4. The van der Waals surface area contributed by atoms with Crippen LogP contribution in [0.5, 0.6) is 0 Å². The van der Waals surface area contributed by atoms with Crippen LogP contribution in [-0.4, -0.2) is 0 Å². The molecule has 0 aliphatic carbocycles. The number of nitrogens with two attached hydrogens (primary N) is 1. The lowest BCUT2D eigenvalue weighted by atomic mass is 9.98. The molecule has 2 rings (SSSR count). The summed E-state index contributed by atoms with van der Waals surface area (Å²) in [6.45, 7) is 4.18. The lowest BCUT2D eigenvalue weighted by Crippen LogP contribution is -1.89. The quantitative estimate of drug-likeness (QED) is 0.732. The fourth-order valence-electron chi connectivity index (χ4n) is 1.76. The van der Waals surface area contributed by atoms with Gasteiger partial charge in [0, 0.05) is 0 Å². The van der Waals surface area contributed by atoms with Gasteiger partial charge < -0.3 is 5.73 Å². The Balaban J connectivity index is 2.58. The van der Waals surface area contributed by atoms with Gasteiger partial charge in [-0.15, -0.1) is 0 Å². The molecule has 0 aliphatic heterocycles. The first-order valence-corrected chi connectivity index (χ1v) is 5.58. The molecule has 0 saturated carbocycles. The maximum Gasteiger partial charge on any atom is 0.0635 e. The number of nitrogen functional groups attached to an aromatic ring is 1. The van der Waals surface area contributed by atoms with Crippen molar-refractivity contribution in [2.45, 2.75) is 13.8 Å². The first-order chi connectivity index (χ1) is 7.58. The Hall–Kier alpha value is -1.47. The van der Waals surface area contributed by atoms with Crippen LogP contribution in [0.4, 0.5) is 5.69 Å². The highest BCUT2D eigenvalue weighted by atomic mass is 35.5. The Kier molecular flexibility index (Phi) is 2.88. The topological polar surface area (TPSA) is 26.0 Å². The predicted octanol–water partition coefficient (Wildman–Crippen LogP) is 4.21. The molecule has 0 fully saturated rings. The summed E-state index contributed by atoms with van der Waals surface area (Å²) >= 11 is 5.91. The van der Waals surface area contributed by atoms with E-state index >= 15 is 0 Å². The van der Waals surface area contributed by atoms with Crippen LogP contribution in [0.25, 0.3) is 11.1 Å². The number of rotatable bonds is 1. The van der Waals surface area contributed by atoms with Crippen LogP contribution in [-0.2, 0) is 0 Å². The number of aryl methyl sites for hydroxylation is 2. The molecule has 0 aromatic heterocycles. The van der Waals surface area contributed by atoms with Crippen molar-refractivity contribution in [3.63, 3.8) is 0 Å². The molecule has 0 amide bonds. The summed E-state index contributed by atoms with van der Waals surface area (Å²) in [5.74, 6) is 0. The van der Waals surface area contributed by atoms with E-state index in [4.69, 9.17) is 17.3 Å². The van der Waals surface area contributed by atoms with Gasteiger partial charge in [0.25, 0.3) is 0 Å². The van der Waals surface area contributed by atoms with Gasteiger partial charge in [0.05, 0.1) is 10.7 Å². The summed E-state index contributed by atoms with van der Waals surface area (Å²) in [5, 5.41) is 0.606. The predicted molar refractivity (Wildman–Crippen MR) is 70.8 cm³/mol. The maximum atomic E-state index is 5.91. The van der Waals surface area contributed by atoms with E-state index in [1.54, 1.807) is 0 Å². The van der Waals surface area contributed by atoms with Crippen LogP contribution in [0.3, 0.4) is 0 Å². The first-order valence-electron chi connectivity index (χ1n) is 5.20. The van der Waals surface area contributed by atoms with Crippen LogP contribution in [0.1, 0.15) is 11.1 Å². The Morgan fingerprint density at radius 3 is 2.44 bits per heavy atom. The van der Waals surface area contributed by atoms with Gasteiger partial charge in [0.1, 0.15) is 0 Å². The molecule has 0 bridgehead atoms. The highest BCUT2D eigenvalue weighted by molar-refractivity contribution is 6.33. The molecule has 0 saturated heterocycles.